The summed E-state index contributed by atoms with van der Waals surface area (Å²) in [6.45, 7) is 5.42. The molecule has 0 aromatic carbocycles. The van der Waals surface area contributed by atoms with E-state index in [2.05, 4.69) is 13.8 Å². The monoisotopic (exact) mass is 698 g/mol. The Morgan fingerprint density at radius 1 is 0.878 bits per heavy atom. The van der Waals surface area contributed by atoms with Crippen LogP contribution in [0.2, 0.25) is 0 Å². The van der Waals surface area contributed by atoms with Crippen molar-refractivity contribution in [2.75, 3.05) is 13.2 Å². The fraction of sp³-hybridized carbons (Fsp3) is 0.914. The molecular formula is C35H54O14. The summed E-state index contributed by atoms with van der Waals surface area (Å²) in [5, 5.41) is 87.2. The largest absolute Gasteiger partial charge is 0.458 e. The van der Waals surface area contributed by atoms with Gasteiger partial charge in [0.2, 0.25) is 0 Å². The molecule has 278 valence electrons. The molecule has 2 saturated heterocycles. The van der Waals surface area contributed by atoms with E-state index in [1.165, 1.54) is 6.92 Å². The molecule has 0 bridgehead atoms. The number of hydrogen-bond acceptors (Lipinski definition) is 14. The molecular weight excluding hydrogens is 644 g/mol. The van der Waals surface area contributed by atoms with E-state index in [9.17, 15) is 45.6 Å². The first-order chi connectivity index (χ1) is 23.1. The first-order valence-corrected chi connectivity index (χ1v) is 18.0. The zero-order valence-electron chi connectivity index (χ0n) is 28.4. The van der Waals surface area contributed by atoms with Crippen LogP contribution in [-0.2, 0) is 28.5 Å². The second kappa shape index (κ2) is 13.0. The van der Waals surface area contributed by atoms with E-state index in [1.807, 2.05) is 0 Å². The van der Waals surface area contributed by atoms with Gasteiger partial charge in [0.05, 0.1) is 30.5 Å². The van der Waals surface area contributed by atoms with Gasteiger partial charge in [-0.25, -0.2) is 4.79 Å². The van der Waals surface area contributed by atoms with Gasteiger partial charge >= 0.3 is 5.97 Å². The number of rotatable bonds is 6. The van der Waals surface area contributed by atoms with Crippen LogP contribution < -0.4 is 0 Å². The topological polar surface area (TPSA) is 225 Å². The first-order valence-electron chi connectivity index (χ1n) is 18.0. The predicted octanol–water partition coefficient (Wildman–Crippen LogP) is -0.749. The third-order valence-electron chi connectivity index (χ3n) is 14.1. The van der Waals surface area contributed by atoms with Crippen LogP contribution in [-0.4, -0.2) is 139 Å². The van der Waals surface area contributed by atoms with Crippen LogP contribution in [0.25, 0.3) is 0 Å². The van der Waals surface area contributed by atoms with Crippen LogP contribution in [0.4, 0.5) is 0 Å². The number of hydrogen-bond donors (Lipinski definition) is 8. The molecule has 4 saturated carbocycles. The summed E-state index contributed by atoms with van der Waals surface area (Å²) in [6, 6.07) is 0. The Bertz CT molecular complexity index is 1280. The van der Waals surface area contributed by atoms with E-state index in [-0.39, 0.29) is 47.8 Å². The molecule has 19 atom stereocenters. The van der Waals surface area contributed by atoms with Gasteiger partial charge in [-0.3, -0.25) is 0 Å². The maximum atomic E-state index is 12.5. The molecule has 8 N–H and O–H groups in total. The van der Waals surface area contributed by atoms with Crippen molar-refractivity contribution < 1.29 is 69.3 Å². The Balaban J connectivity index is 1.01. The number of aliphatic hydroxyl groups excluding tert-OH is 7. The molecule has 0 aromatic heterocycles. The lowest BCUT2D eigenvalue weighted by atomic mass is 9.42. The SMILES string of the molecule is C[C@@H]1O[C@@H](OC2[C@@H](CO)O[C@@H](O[C@H]3CC[C@@]4(C)[C@H](CC[C@@H]5[C@@H]4[C@H](O)C[C@]4(C)[C@@H](C6=CC(=O)OC6)CC[C@]54O)C3)[C@H](O)[C@H]2O)[C@@H](O)[C@H](O)[C@H]1O. The van der Waals surface area contributed by atoms with Gasteiger partial charge in [0.25, 0.3) is 0 Å². The van der Waals surface area contributed by atoms with E-state index in [0.717, 1.165) is 24.8 Å². The quantitative estimate of drug-likeness (QED) is 0.126. The Morgan fingerprint density at radius 2 is 1.59 bits per heavy atom. The summed E-state index contributed by atoms with van der Waals surface area (Å²) in [7, 11) is 0. The molecule has 49 heavy (non-hydrogen) atoms. The molecule has 1 unspecified atom stereocenters. The molecule has 14 heteroatoms. The van der Waals surface area contributed by atoms with Gasteiger partial charge in [-0.05, 0) is 93.0 Å². The van der Waals surface area contributed by atoms with Gasteiger partial charge in [-0.1, -0.05) is 13.8 Å². The summed E-state index contributed by atoms with van der Waals surface area (Å²) in [5.74, 6) is -0.415. The van der Waals surface area contributed by atoms with Crippen LogP contribution in [0, 0.1) is 34.5 Å². The highest BCUT2D eigenvalue weighted by Gasteiger charge is 2.70. The van der Waals surface area contributed by atoms with Crippen molar-refractivity contribution in [1.82, 2.24) is 0 Å². The number of cyclic esters (lactones) is 1. The Labute approximate surface area is 285 Å². The van der Waals surface area contributed by atoms with E-state index >= 15 is 0 Å². The predicted molar refractivity (Wildman–Crippen MR) is 167 cm³/mol. The second-order valence-electron chi connectivity index (χ2n) is 16.5. The lowest BCUT2D eigenvalue weighted by molar-refractivity contribution is -0.362. The Kier molecular flexibility index (Phi) is 9.57. The highest BCUT2D eigenvalue weighted by Crippen LogP contribution is 2.70. The van der Waals surface area contributed by atoms with Gasteiger partial charge in [-0.2, -0.15) is 0 Å². The Morgan fingerprint density at radius 3 is 2.29 bits per heavy atom. The number of fused-ring (bicyclic) bond motifs is 5. The van der Waals surface area contributed by atoms with E-state index < -0.39 is 85.1 Å². The van der Waals surface area contributed by atoms with E-state index in [1.54, 1.807) is 6.08 Å². The van der Waals surface area contributed by atoms with Gasteiger partial charge in [-0.15, -0.1) is 0 Å². The fourth-order valence-electron chi connectivity index (χ4n) is 11.4. The smallest absolute Gasteiger partial charge is 0.331 e. The van der Waals surface area contributed by atoms with Crippen LogP contribution in [0.3, 0.4) is 0 Å². The van der Waals surface area contributed by atoms with E-state index in [4.69, 9.17) is 23.7 Å². The fourth-order valence-corrected chi connectivity index (χ4v) is 11.4. The molecule has 14 nitrogen and oxygen atoms in total. The van der Waals surface area contributed by atoms with Gasteiger partial charge in [0.1, 0.15) is 49.3 Å². The number of esters is 1. The molecule has 0 spiro atoms. The molecule has 0 amide bonds. The number of carbonyl (C=O) groups excluding carboxylic acids is 1. The highest BCUT2D eigenvalue weighted by atomic mass is 16.7. The standard InChI is InChI=1S/C35H54O14/c1-15-25(39)26(40)28(42)31(46-15)49-30-22(13-36)48-32(29(43)27(30)41)47-18-6-8-33(2)17(11-18)4-5-20-24(33)21(37)12-34(3)19(7-9-35(20,34)44)16-10-23(38)45-14-16/h10,15,17-22,24-32,36-37,39-44H,4-9,11-14H2,1-3H3/t15-,17+,18-,19+,20+,21+,22+,24+,25-,26+,27+,28-,29+,30?,31-,32+,33-,34+,35-/m0/s1. The lowest BCUT2D eigenvalue weighted by Crippen LogP contribution is -2.66. The third-order valence-corrected chi connectivity index (χ3v) is 14.1. The zero-order chi connectivity index (χ0) is 35.2. The third kappa shape index (κ3) is 5.64. The molecule has 0 aromatic rings. The minimum atomic E-state index is -1.65. The van der Waals surface area contributed by atoms with Crippen molar-refractivity contribution in [1.29, 1.82) is 0 Å². The molecule has 0 radical (unpaired) electrons. The maximum Gasteiger partial charge on any atom is 0.331 e. The van der Waals surface area contributed by atoms with Crippen molar-refractivity contribution in [3.05, 3.63) is 11.6 Å². The molecule has 7 rings (SSSR count). The van der Waals surface area contributed by atoms with Gasteiger partial charge in [0, 0.05) is 11.5 Å². The summed E-state index contributed by atoms with van der Waals surface area (Å²) in [5.41, 5.74) is -0.897. The number of carbonyl (C=O) groups is 1. The molecule has 3 aliphatic heterocycles. The number of ether oxygens (including phenoxy) is 5. The molecule has 7 aliphatic rings. The molecule has 3 heterocycles. The van der Waals surface area contributed by atoms with Crippen molar-refractivity contribution in [2.24, 2.45) is 34.5 Å². The van der Waals surface area contributed by atoms with Gasteiger partial charge < -0.3 is 64.5 Å². The van der Waals surface area contributed by atoms with Gasteiger partial charge in [0.15, 0.2) is 12.6 Å². The van der Waals surface area contributed by atoms with E-state index in [0.29, 0.717) is 32.1 Å². The second-order valence-corrected chi connectivity index (χ2v) is 16.5. The number of aliphatic hydroxyl groups is 8. The molecule has 4 aliphatic carbocycles. The summed E-state index contributed by atoms with van der Waals surface area (Å²) >= 11 is 0. The first kappa shape index (κ1) is 36.1. The van der Waals surface area contributed by atoms with Crippen LogP contribution >= 0.6 is 0 Å². The summed E-state index contributed by atoms with van der Waals surface area (Å²) in [4.78, 5) is 11.9. The maximum absolute atomic E-state index is 12.5. The van der Waals surface area contributed by atoms with Crippen molar-refractivity contribution in [3.8, 4) is 0 Å². The minimum absolute atomic E-state index is 0.0254. The average molecular weight is 699 g/mol. The Hall–Kier alpha value is -1.27. The molecule has 6 fully saturated rings. The minimum Gasteiger partial charge on any atom is -0.458 e. The normalized spacial score (nSPS) is 56.0. The van der Waals surface area contributed by atoms with Crippen LogP contribution in [0.15, 0.2) is 11.6 Å². The van der Waals surface area contributed by atoms with Crippen molar-refractivity contribution in [3.63, 3.8) is 0 Å². The van der Waals surface area contributed by atoms with Crippen molar-refractivity contribution in [2.45, 2.75) is 151 Å². The summed E-state index contributed by atoms with van der Waals surface area (Å²) in [6.07, 6.45) is -7.93. The summed E-state index contributed by atoms with van der Waals surface area (Å²) < 4.78 is 28.6. The lowest BCUT2D eigenvalue weighted by Gasteiger charge is -2.65. The van der Waals surface area contributed by atoms with Crippen LogP contribution in [0.1, 0.15) is 72.1 Å². The van der Waals surface area contributed by atoms with Crippen molar-refractivity contribution >= 4 is 5.97 Å². The highest BCUT2D eigenvalue weighted by molar-refractivity contribution is 5.85. The van der Waals surface area contributed by atoms with Crippen LogP contribution in [0.5, 0.6) is 0 Å². The zero-order valence-corrected chi connectivity index (χ0v) is 28.4. The average Bonchev–Trinajstić information content (AvgIpc) is 3.61.